The Labute approximate surface area is 109 Å². The third-order valence-corrected chi connectivity index (χ3v) is 6.19. The summed E-state index contributed by atoms with van der Waals surface area (Å²) in [5, 5.41) is 3.78. The van der Waals surface area contributed by atoms with Crippen molar-refractivity contribution >= 4 is 10.8 Å². The molecule has 0 aromatic heterocycles. The molecule has 3 heteroatoms. The van der Waals surface area contributed by atoms with E-state index in [-0.39, 0.29) is 0 Å². The summed E-state index contributed by atoms with van der Waals surface area (Å²) in [4.78, 5) is 0. The molecule has 0 heterocycles. The summed E-state index contributed by atoms with van der Waals surface area (Å²) in [7, 11) is 1.38. The topological polar surface area (TPSA) is 29.1 Å². The normalized spacial score (nSPS) is 30.3. The molecule has 4 unspecified atom stereocenters. The lowest BCUT2D eigenvalue weighted by Gasteiger charge is -2.29. The largest absolute Gasteiger partial charge is 0.316 e. The standard InChI is InChI=1S/C14H29NOS/c1-4-12(2)11-17(16)14-10-8-6-5-7-9-13(14)15-3/h12-15H,4-11H2,1-3H3. The third kappa shape index (κ3) is 5.09. The average Bonchev–Trinajstić information content (AvgIpc) is 2.28. The summed E-state index contributed by atoms with van der Waals surface area (Å²) in [5.74, 6) is 1.48. The van der Waals surface area contributed by atoms with Gasteiger partial charge >= 0.3 is 0 Å². The lowest BCUT2D eigenvalue weighted by molar-refractivity contribution is 0.413. The molecule has 1 fully saturated rings. The molecule has 0 aliphatic heterocycles. The van der Waals surface area contributed by atoms with Crippen molar-refractivity contribution in [3.8, 4) is 0 Å². The van der Waals surface area contributed by atoms with Crippen LogP contribution in [0.4, 0.5) is 0 Å². The highest BCUT2D eigenvalue weighted by molar-refractivity contribution is 7.85. The van der Waals surface area contributed by atoms with Gasteiger partial charge in [0.2, 0.25) is 0 Å². The van der Waals surface area contributed by atoms with E-state index in [1.807, 2.05) is 7.05 Å². The molecule has 0 radical (unpaired) electrons. The quantitative estimate of drug-likeness (QED) is 0.822. The predicted octanol–water partition coefficient (Wildman–Crippen LogP) is 3.09. The van der Waals surface area contributed by atoms with Crippen LogP contribution in [0.25, 0.3) is 0 Å². The first kappa shape index (κ1) is 15.2. The molecule has 0 bridgehead atoms. The summed E-state index contributed by atoms with van der Waals surface area (Å²) in [6.45, 7) is 4.41. The molecular formula is C14H29NOS. The van der Waals surface area contributed by atoms with E-state index >= 15 is 0 Å². The van der Waals surface area contributed by atoms with Crippen LogP contribution in [0.1, 0.15) is 58.8 Å². The van der Waals surface area contributed by atoms with Crippen molar-refractivity contribution in [3.05, 3.63) is 0 Å². The van der Waals surface area contributed by atoms with Gasteiger partial charge in [-0.15, -0.1) is 0 Å². The lowest BCUT2D eigenvalue weighted by Crippen LogP contribution is -2.42. The van der Waals surface area contributed by atoms with Gasteiger partial charge in [-0.2, -0.15) is 0 Å². The van der Waals surface area contributed by atoms with Gasteiger partial charge in [0.05, 0.1) is 5.25 Å². The molecule has 1 aliphatic carbocycles. The first-order valence-electron chi connectivity index (χ1n) is 7.23. The molecular weight excluding hydrogens is 230 g/mol. The van der Waals surface area contributed by atoms with Crippen LogP contribution < -0.4 is 5.32 Å². The second-order valence-corrected chi connectivity index (χ2v) is 7.19. The van der Waals surface area contributed by atoms with Gasteiger partial charge in [-0.3, -0.25) is 4.21 Å². The maximum atomic E-state index is 12.5. The van der Waals surface area contributed by atoms with Gasteiger partial charge in [0.1, 0.15) is 0 Å². The van der Waals surface area contributed by atoms with E-state index in [1.165, 1.54) is 32.1 Å². The zero-order valence-electron chi connectivity index (χ0n) is 11.7. The molecule has 2 nitrogen and oxygen atoms in total. The molecule has 0 amide bonds. The van der Waals surface area contributed by atoms with E-state index in [4.69, 9.17) is 0 Å². The van der Waals surface area contributed by atoms with Gasteiger partial charge in [0.25, 0.3) is 0 Å². The zero-order chi connectivity index (χ0) is 12.7. The van der Waals surface area contributed by atoms with Gasteiger partial charge in [-0.05, 0) is 25.8 Å². The predicted molar refractivity (Wildman–Crippen MR) is 76.8 cm³/mol. The first-order valence-corrected chi connectivity index (χ1v) is 8.61. The van der Waals surface area contributed by atoms with Gasteiger partial charge < -0.3 is 5.32 Å². The molecule has 0 spiro atoms. The van der Waals surface area contributed by atoms with Gasteiger partial charge in [0.15, 0.2) is 0 Å². The molecule has 0 aromatic carbocycles. The molecule has 1 N–H and O–H groups in total. The monoisotopic (exact) mass is 259 g/mol. The Balaban J connectivity index is 2.57. The van der Waals surface area contributed by atoms with Crippen LogP contribution >= 0.6 is 0 Å². The van der Waals surface area contributed by atoms with Gasteiger partial charge in [-0.1, -0.05) is 46.0 Å². The van der Waals surface area contributed by atoms with Crippen LogP contribution in [-0.2, 0) is 10.8 Å². The highest BCUT2D eigenvalue weighted by Gasteiger charge is 2.27. The number of rotatable bonds is 5. The summed E-state index contributed by atoms with van der Waals surface area (Å²) in [5.41, 5.74) is 0. The van der Waals surface area contributed by atoms with E-state index in [0.29, 0.717) is 17.2 Å². The zero-order valence-corrected chi connectivity index (χ0v) is 12.5. The van der Waals surface area contributed by atoms with Gasteiger partial charge in [0, 0.05) is 22.6 Å². The van der Waals surface area contributed by atoms with Crippen LogP contribution in [0, 0.1) is 5.92 Å². The van der Waals surface area contributed by atoms with E-state index in [0.717, 1.165) is 18.6 Å². The fourth-order valence-electron chi connectivity index (χ4n) is 2.62. The molecule has 1 aliphatic rings. The SMILES string of the molecule is CCC(C)CS(=O)C1CCCCCCC1NC. The van der Waals surface area contributed by atoms with Crippen molar-refractivity contribution in [3.63, 3.8) is 0 Å². The van der Waals surface area contributed by atoms with Crippen molar-refractivity contribution in [1.29, 1.82) is 0 Å². The molecule has 1 saturated carbocycles. The molecule has 4 atom stereocenters. The Hall–Kier alpha value is 0.110. The minimum absolute atomic E-state index is 0.384. The minimum atomic E-state index is -0.648. The number of hydrogen-bond donors (Lipinski definition) is 1. The second kappa shape index (κ2) is 8.25. The van der Waals surface area contributed by atoms with Crippen LogP contribution in [0.5, 0.6) is 0 Å². The van der Waals surface area contributed by atoms with Crippen molar-refractivity contribution in [2.45, 2.75) is 70.1 Å². The van der Waals surface area contributed by atoms with Crippen LogP contribution in [0.2, 0.25) is 0 Å². The maximum Gasteiger partial charge on any atom is 0.0501 e. The Kier molecular flexibility index (Phi) is 7.36. The van der Waals surface area contributed by atoms with Crippen LogP contribution in [0.3, 0.4) is 0 Å². The summed E-state index contributed by atoms with van der Waals surface area (Å²) >= 11 is 0. The van der Waals surface area contributed by atoms with E-state index < -0.39 is 10.8 Å². The minimum Gasteiger partial charge on any atom is -0.316 e. The average molecular weight is 259 g/mol. The fourth-order valence-corrected chi connectivity index (χ4v) is 4.73. The van der Waals surface area contributed by atoms with E-state index in [1.54, 1.807) is 0 Å². The highest BCUT2D eigenvalue weighted by atomic mass is 32.2. The van der Waals surface area contributed by atoms with Crippen LogP contribution in [-0.4, -0.2) is 28.3 Å². The van der Waals surface area contributed by atoms with Gasteiger partial charge in [-0.25, -0.2) is 0 Å². The number of hydrogen-bond acceptors (Lipinski definition) is 2. The summed E-state index contributed by atoms with van der Waals surface area (Å²) < 4.78 is 12.5. The third-order valence-electron chi connectivity index (χ3n) is 4.06. The molecule has 1 rings (SSSR count). The molecule has 17 heavy (non-hydrogen) atoms. The van der Waals surface area contributed by atoms with Crippen molar-refractivity contribution in [2.24, 2.45) is 5.92 Å². The Morgan fingerprint density at radius 3 is 2.47 bits per heavy atom. The highest BCUT2D eigenvalue weighted by Crippen LogP contribution is 2.23. The fraction of sp³-hybridized carbons (Fsp3) is 1.00. The summed E-state index contributed by atoms with van der Waals surface area (Å²) in [6.07, 6.45) is 8.72. The molecule has 102 valence electrons. The van der Waals surface area contributed by atoms with E-state index in [2.05, 4.69) is 19.2 Å². The molecule has 0 aromatic rings. The van der Waals surface area contributed by atoms with Crippen molar-refractivity contribution < 1.29 is 4.21 Å². The lowest BCUT2D eigenvalue weighted by atomic mass is 9.96. The second-order valence-electron chi connectivity index (χ2n) is 5.49. The first-order chi connectivity index (χ1) is 8.19. The summed E-state index contributed by atoms with van der Waals surface area (Å²) in [6, 6.07) is 0.472. The number of nitrogens with one attached hydrogen (secondary N) is 1. The molecule has 0 saturated heterocycles. The van der Waals surface area contributed by atoms with Crippen molar-refractivity contribution in [1.82, 2.24) is 5.32 Å². The van der Waals surface area contributed by atoms with Crippen molar-refractivity contribution in [2.75, 3.05) is 12.8 Å². The Bertz CT molecular complexity index is 232. The van der Waals surface area contributed by atoms with E-state index in [9.17, 15) is 4.21 Å². The Morgan fingerprint density at radius 1 is 1.24 bits per heavy atom. The Morgan fingerprint density at radius 2 is 1.88 bits per heavy atom. The maximum absolute atomic E-state index is 12.5. The van der Waals surface area contributed by atoms with Crippen LogP contribution in [0.15, 0.2) is 0 Å². The smallest absolute Gasteiger partial charge is 0.0501 e.